The standard InChI is InChI=1S/C27H35FN2O3/c1-27(2,28)19-29-14-11-20(12-15-29)18-33-25-9-7-22(8-10-25)21-3-5-23(6-4-21)26(32)30-16-13-24(31)17-30/h3-10,20,24,31H,11-19H2,1-2H3/t24-/m0/s1. The molecule has 2 aromatic rings. The largest absolute Gasteiger partial charge is 0.493 e. The van der Waals surface area contributed by atoms with Gasteiger partial charge in [-0.1, -0.05) is 24.3 Å². The zero-order valence-electron chi connectivity index (χ0n) is 19.7. The van der Waals surface area contributed by atoms with Gasteiger partial charge in [0.1, 0.15) is 11.4 Å². The van der Waals surface area contributed by atoms with Crippen LogP contribution in [0.2, 0.25) is 0 Å². The summed E-state index contributed by atoms with van der Waals surface area (Å²) >= 11 is 0. The number of alkyl halides is 1. The first-order valence-electron chi connectivity index (χ1n) is 12.0. The minimum absolute atomic E-state index is 0.0268. The number of benzene rings is 2. The summed E-state index contributed by atoms with van der Waals surface area (Å²) in [7, 11) is 0. The maximum Gasteiger partial charge on any atom is 0.253 e. The Morgan fingerprint density at radius 3 is 2.15 bits per heavy atom. The van der Waals surface area contributed by atoms with Gasteiger partial charge < -0.3 is 19.6 Å². The van der Waals surface area contributed by atoms with E-state index in [1.54, 1.807) is 18.7 Å². The van der Waals surface area contributed by atoms with Crippen molar-refractivity contribution in [3.8, 4) is 16.9 Å². The number of hydrogen-bond donors (Lipinski definition) is 1. The van der Waals surface area contributed by atoms with Crippen LogP contribution in [0.3, 0.4) is 0 Å². The van der Waals surface area contributed by atoms with Crippen LogP contribution >= 0.6 is 0 Å². The molecule has 6 heteroatoms. The number of aliphatic hydroxyl groups excluding tert-OH is 1. The summed E-state index contributed by atoms with van der Waals surface area (Å²) in [4.78, 5) is 16.5. The molecule has 0 aromatic heterocycles. The van der Waals surface area contributed by atoms with Crippen molar-refractivity contribution < 1.29 is 19.0 Å². The Morgan fingerprint density at radius 2 is 1.61 bits per heavy atom. The van der Waals surface area contributed by atoms with E-state index in [0.29, 0.717) is 44.1 Å². The Balaban J connectivity index is 1.26. The number of likely N-dealkylation sites (tertiary alicyclic amines) is 2. The minimum atomic E-state index is -1.14. The van der Waals surface area contributed by atoms with Crippen molar-refractivity contribution in [3.05, 3.63) is 54.1 Å². The van der Waals surface area contributed by atoms with E-state index in [9.17, 15) is 14.3 Å². The molecule has 2 aromatic carbocycles. The van der Waals surface area contributed by atoms with Gasteiger partial charge in [-0.3, -0.25) is 4.79 Å². The number of β-amino-alcohol motifs (C(OH)–C–C–N with tert-alkyl or cyclic N) is 1. The molecule has 0 spiro atoms. The highest BCUT2D eigenvalue weighted by molar-refractivity contribution is 5.95. The van der Waals surface area contributed by atoms with E-state index in [0.717, 1.165) is 42.8 Å². The summed E-state index contributed by atoms with van der Waals surface area (Å²) in [6.45, 7) is 7.34. The second-order valence-electron chi connectivity index (χ2n) is 10.0. The van der Waals surface area contributed by atoms with Gasteiger partial charge in [0, 0.05) is 25.2 Å². The highest BCUT2D eigenvalue weighted by Crippen LogP contribution is 2.25. The zero-order chi connectivity index (χ0) is 23.4. The van der Waals surface area contributed by atoms with E-state index in [1.807, 2.05) is 48.5 Å². The SMILES string of the molecule is CC(C)(F)CN1CCC(COc2ccc(-c3ccc(C(=O)N4CC[C@H](O)C4)cc3)cc2)CC1. The molecule has 0 bridgehead atoms. The fourth-order valence-corrected chi connectivity index (χ4v) is 4.71. The summed E-state index contributed by atoms with van der Waals surface area (Å²) < 4.78 is 19.9. The number of hydrogen-bond acceptors (Lipinski definition) is 4. The first kappa shape index (κ1) is 23.7. The molecule has 2 saturated heterocycles. The molecule has 2 heterocycles. The average Bonchev–Trinajstić information content (AvgIpc) is 3.24. The Morgan fingerprint density at radius 1 is 1.00 bits per heavy atom. The molecular weight excluding hydrogens is 419 g/mol. The normalized spacial score (nSPS) is 20.2. The molecule has 4 rings (SSSR count). The quantitative estimate of drug-likeness (QED) is 0.674. The van der Waals surface area contributed by atoms with Crippen LogP contribution in [0.25, 0.3) is 11.1 Å². The van der Waals surface area contributed by atoms with Crippen LogP contribution in [0.4, 0.5) is 4.39 Å². The second-order valence-corrected chi connectivity index (χ2v) is 10.0. The number of amides is 1. The number of carbonyl (C=O) groups is 1. The summed E-state index contributed by atoms with van der Waals surface area (Å²) in [5.74, 6) is 1.33. The van der Waals surface area contributed by atoms with Crippen molar-refractivity contribution >= 4 is 5.91 Å². The summed E-state index contributed by atoms with van der Waals surface area (Å²) in [6.07, 6.45) is 2.32. The molecule has 0 aliphatic carbocycles. The lowest BCUT2D eigenvalue weighted by Gasteiger charge is -2.34. The van der Waals surface area contributed by atoms with Gasteiger partial charge in [0.25, 0.3) is 5.91 Å². The van der Waals surface area contributed by atoms with Crippen LogP contribution in [-0.4, -0.2) is 71.9 Å². The monoisotopic (exact) mass is 454 g/mol. The van der Waals surface area contributed by atoms with Gasteiger partial charge in [0.15, 0.2) is 0 Å². The maximum absolute atomic E-state index is 13.8. The molecular formula is C27H35FN2O3. The number of aliphatic hydroxyl groups is 1. The van der Waals surface area contributed by atoms with E-state index in [4.69, 9.17) is 4.74 Å². The number of nitrogens with zero attached hydrogens (tertiary/aromatic N) is 2. The number of carbonyl (C=O) groups excluding carboxylic acids is 1. The molecule has 1 N–H and O–H groups in total. The van der Waals surface area contributed by atoms with Crippen LogP contribution in [0.1, 0.15) is 43.5 Å². The minimum Gasteiger partial charge on any atom is -0.493 e. The van der Waals surface area contributed by atoms with Crippen molar-refractivity contribution in [1.29, 1.82) is 0 Å². The fraction of sp³-hybridized carbons (Fsp3) is 0.519. The van der Waals surface area contributed by atoms with Crippen molar-refractivity contribution in [2.24, 2.45) is 5.92 Å². The topological polar surface area (TPSA) is 53.0 Å². The van der Waals surface area contributed by atoms with Gasteiger partial charge in [-0.15, -0.1) is 0 Å². The van der Waals surface area contributed by atoms with E-state index in [-0.39, 0.29) is 5.91 Å². The van der Waals surface area contributed by atoms with Gasteiger partial charge in [-0.25, -0.2) is 4.39 Å². The highest BCUT2D eigenvalue weighted by atomic mass is 19.1. The zero-order valence-corrected chi connectivity index (χ0v) is 19.7. The first-order valence-corrected chi connectivity index (χ1v) is 12.0. The Bertz CT molecular complexity index is 916. The van der Waals surface area contributed by atoms with Gasteiger partial charge in [-0.2, -0.15) is 0 Å². The average molecular weight is 455 g/mol. The third kappa shape index (κ3) is 6.55. The van der Waals surface area contributed by atoms with Crippen molar-refractivity contribution in [1.82, 2.24) is 9.80 Å². The van der Waals surface area contributed by atoms with Gasteiger partial charge in [-0.05, 0) is 87.5 Å². The number of ether oxygens (including phenoxy) is 1. The predicted molar refractivity (Wildman–Crippen MR) is 128 cm³/mol. The molecule has 2 aliphatic heterocycles. The molecule has 2 aliphatic rings. The first-order chi connectivity index (χ1) is 15.8. The van der Waals surface area contributed by atoms with Gasteiger partial charge >= 0.3 is 0 Å². The smallest absolute Gasteiger partial charge is 0.253 e. The molecule has 1 atom stereocenters. The fourth-order valence-electron chi connectivity index (χ4n) is 4.71. The lowest BCUT2D eigenvalue weighted by molar-refractivity contribution is 0.0765. The molecule has 1 amide bonds. The Hall–Kier alpha value is -2.44. The van der Waals surface area contributed by atoms with Gasteiger partial charge in [0.05, 0.1) is 12.7 Å². The van der Waals surface area contributed by atoms with Crippen LogP contribution in [-0.2, 0) is 0 Å². The van der Waals surface area contributed by atoms with Crippen molar-refractivity contribution in [2.75, 3.05) is 39.3 Å². The van der Waals surface area contributed by atoms with Crippen molar-refractivity contribution in [2.45, 2.75) is 44.9 Å². The molecule has 178 valence electrons. The van der Waals surface area contributed by atoms with Gasteiger partial charge in [0.2, 0.25) is 0 Å². The number of piperidine rings is 1. The van der Waals surface area contributed by atoms with E-state index < -0.39 is 11.8 Å². The second kappa shape index (κ2) is 10.2. The van der Waals surface area contributed by atoms with Crippen LogP contribution in [0.5, 0.6) is 5.75 Å². The number of halogens is 1. The molecule has 0 saturated carbocycles. The van der Waals surface area contributed by atoms with E-state index in [1.165, 1.54) is 0 Å². The highest BCUT2D eigenvalue weighted by Gasteiger charge is 2.26. The molecule has 0 radical (unpaired) electrons. The van der Waals surface area contributed by atoms with Crippen LogP contribution < -0.4 is 4.74 Å². The number of rotatable bonds is 7. The lowest BCUT2D eigenvalue weighted by Crippen LogP contribution is -2.41. The summed E-state index contributed by atoms with van der Waals surface area (Å²) in [6, 6.07) is 15.7. The molecule has 0 unspecified atom stereocenters. The molecule has 33 heavy (non-hydrogen) atoms. The Labute approximate surface area is 196 Å². The van der Waals surface area contributed by atoms with Crippen LogP contribution in [0, 0.1) is 5.92 Å². The third-order valence-corrected chi connectivity index (χ3v) is 6.56. The van der Waals surface area contributed by atoms with Crippen LogP contribution in [0.15, 0.2) is 48.5 Å². The third-order valence-electron chi connectivity index (χ3n) is 6.56. The maximum atomic E-state index is 13.8. The summed E-state index contributed by atoms with van der Waals surface area (Å²) in [5, 5.41) is 9.65. The van der Waals surface area contributed by atoms with Crippen molar-refractivity contribution in [3.63, 3.8) is 0 Å². The summed E-state index contributed by atoms with van der Waals surface area (Å²) in [5.41, 5.74) is 1.62. The lowest BCUT2D eigenvalue weighted by atomic mass is 9.97. The van der Waals surface area contributed by atoms with E-state index in [2.05, 4.69) is 4.90 Å². The molecule has 5 nitrogen and oxygen atoms in total. The predicted octanol–water partition coefficient (Wildman–Crippen LogP) is 4.40. The molecule has 2 fully saturated rings. The van der Waals surface area contributed by atoms with E-state index >= 15 is 0 Å². The Kier molecular flexibility index (Phi) is 7.35.